The number of pyridine rings is 1. The van der Waals surface area contributed by atoms with Gasteiger partial charge in [-0.3, -0.25) is 0 Å². The number of hydrogen-bond donors (Lipinski definition) is 1. The monoisotopic (exact) mass is 285 g/mol. The first kappa shape index (κ1) is 12.8. The molecule has 0 unspecified atom stereocenters. The van der Waals surface area contributed by atoms with Gasteiger partial charge in [0.15, 0.2) is 5.69 Å². The van der Waals surface area contributed by atoms with Crippen molar-refractivity contribution in [3.63, 3.8) is 0 Å². The lowest BCUT2D eigenvalue weighted by Gasteiger charge is -2.07. The van der Waals surface area contributed by atoms with E-state index in [-0.39, 0.29) is 5.69 Å². The zero-order valence-corrected chi connectivity index (χ0v) is 11.4. The van der Waals surface area contributed by atoms with Gasteiger partial charge in [-0.2, -0.15) is 5.26 Å². The molecule has 1 aliphatic rings. The van der Waals surface area contributed by atoms with Crippen molar-refractivity contribution in [2.75, 3.05) is 11.9 Å². The van der Waals surface area contributed by atoms with Crippen LogP contribution < -0.4 is 10.1 Å². The first-order valence-electron chi connectivity index (χ1n) is 6.31. The fraction of sp³-hybridized carbons (Fsp3) is 0.200. The van der Waals surface area contributed by atoms with Crippen LogP contribution in [0.1, 0.15) is 16.8 Å². The van der Waals surface area contributed by atoms with E-state index >= 15 is 0 Å². The Hall–Kier alpha value is -2.25. The maximum absolute atomic E-state index is 8.90. The van der Waals surface area contributed by atoms with Gasteiger partial charge in [-0.25, -0.2) is 4.98 Å². The normalized spacial score (nSPS) is 12.4. The molecule has 0 fully saturated rings. The molecule has 0 atom stereocenters. The molecule has 100 valence electrons. The summed E-state index contributed by atoms with van der Waals surface area (Å²) in [6.07, 6.45) is 0.959. The quantitative estimate of drug-likeness (QED) is 0.941. The van der Waals surface area contributed by atoms with Crippen molar-refractivity contribution in [3.8, 4) is 11.8 Å². The Bertz CT molecular complexity index is 694. The van der Waals surface area contributed by atoms with Crippen LogP contribution in [-0.2, 0) is 13.0 Å². The van der Waals surface area contributed by atoms with Crippen LogP contribution in [0, 0.1) is 11.3 Å². The zero-order valence-electron chi connectivity index (χ0n) is 10.7. The largest absolute Gasteiger partial charge is 0.493 e. The van der Waals surface area contributed by atoms with Crippen molar-refractivity contribution >= 4 is 17.4 Å². The second-order valence-electron chi connectivity index (χ2n) is 4.53. The molecule has 0 spiro atoms. The van der Waals surface area contributed by atoms with Gasteiger partial charge in [-0.15, -0.1) is 0 Å². The number of rotatable bonds is 3. The molecule has 2 aromatic rings. The number of halogens is 1. The summed E-state index contributed by atoms with van der Waals surface area (Å²) in [4.78, 5) is 4.15. The van der Waals surface area contributed by atoms with Crippen LogP contribution in [0.25, 0.3) is 0 Å². The van der Waals surface area contributed by atoms with E-state index in [1.807, 2.05) is 18.2 Å². The number of hydrogen-bond acceptors (Lipinski definition) is 4. The number of fused-ring (bicyclic) bond motifs is 1. The molecule has 0 amide bonds. The number of ether oxygens (including phenoxy) is 1. The SMILES string of the molecule is N#Cc1nc(NCc2ccc3c(c2)CCO3)ccc1Cl. The summed E-state index contributed by atoms with van der Waals surface area (Å²) < 4.78 is 5.48. The average Bonchev–Trinajstić information content (AvgIpc) is 2.94. The number of nitriles is 1. The maximum atomic E-state index is 8.90. The molecule has 1 aromatic carbocycles. The predicted molar refractivity (Wildman–Crippen MR) is 76.9 cm³/mol. The Labute approximate surface area is 122 Å². The van der Waals surface area contributed by atoms with Gasteiger partial charge in [0.2, 0.25) is 0 Å². The van der Waals surface area contributed by atoms with Crippen molar-refractivity contribution in [1.29, 1.82) is 5.26 Å². The fourth-order valence-electron chi connectivity index (χ4n) is 2.16. The Morgan fingerprint density at radius 3 is 3.10 bits per heavy atom. The van der Waals surface area contributed by atoms with E-state index in [1.165, 1.54) is 5.56 Å². The lowest BCUT2D eigenvalue weighted by molar-refractivity contribution is 0.357. The van der Waals surface area contributed by atoms with Crippen molar-refractivity contribution in [3.05, 3.63) is 52.2 Å². The number of anilines is 1. The van der Waals surface area contributed by atoms with Crippen molar-refractivity contribution < 1.29 is 4.74 Å². The van der Waals surface area contributed by atoms with E-state index in [9.17, 15) is 0 Å². The summed E-state index contributed by atoms with van der Waals surface area (Å²) in [7, 11) is 0. The van der Waals surface area contributed by atoms with E-state index in [0.717, 1.165) is 24.3 Å². The molecule has 0 saturated carbocycles. The molecule has 0 aliphatic carbocycles. The minimum atomic E-state index is 0.235. The molecule has 1 N–H and O–H groups in total. The molecular weight excluding hydrogens is 274 g/mol. The Balaban J connectivity index is 1.72. The second kappa shape index (κ2) is 5.40. The first-order valence-corrected chi connectivity index (χ1v) is 6.69. The minimum Gasteiger partial charge on any atom is -0.493 e. The molecule has 4 nitrogen and oxygen atoms in total. The summed E-state index contributed by atoms with van der Waals surface area (Å²) >= 11 is 5.85. The average molecular weight is 286 g/mol. The molecule has 1 aromatic heterocycles. The van der Waals surface area contributed by atoms with Gasteiger partial charge in [0.25, 0.3) is 0 Å². The number of aromatic nitrogens is 1. The predicted octanol–water partition coefficient (Wildman–Crippen LogP) is 3.15. The second-order valence-corrected chi connectivity index (χ2v) is 4.94. The van der Waals surface area contributed by atoms with Crippen LogP contribution in [-0.4, -0.2) is 11.6 Å². The van der Waals surface area contributed by atoms with Crippen LogP contribution >= 0.6 is 11.6 Å². The maximum Gasteiger partial charge on any atom is 0.161 e. The van der Waals surface area contributed by atoms with Gasteiger partial charge in [0.05, 0.1) is 11.6 Å². The van der Waals surface area contributed by atoms with Gasteiger partial charge in [-0.1, -0.05) is 23.7 Å². The van der Waals surface area contributed by atoms with E-state index in [1.54, 1.807) is 12.1 Å². The van der Waals surface area contributed by atoms with E-state index in [4.69, 9.17) is 21.6 Å². The minimum absolute atomic E-state index is 0.235. The third-order valence-electron chi connectivity index (χ3n) is 3.18. The number of nitrogens with zero attached hydrogens (tertiary/aromatic N) is 2. The van der Waals surface area contributed by atoms with Gasteiger partial charge in [-0.05, 0) is 29.3 Å². The third-order valence-corrected chi connectivity index (χ3v) is 3.48. The van der Waals surface area contributed by atoms with Gasteiger partial charge >= 0.3 is 0 Å². The highest BCUT2D eigenvalue weighted by molar-refractivity contribution is 6.31. The topological polar surface area (TPSA) is 57.9 Å². The Kier molecular flexibility index (Phi) is 3.44. The van der Waals surface area contributed by atoms with Gasteiger partial charge < -0.3 is 10.1 Å². The van der Waals surface area contributed by atoms with Crippen LogP contribution in [0.2, 0.25) is 5.02 Å². The first-order chi connectivity index (χ1) is 9.76. The van der Waals surface area contributed by atoms with Crippen LogP contribution in [0.5, 0.6) is 5.75 Å². The van der Waals surface area contributed by atoms with Crippen LogP contribution in [0.15, 0.2) is 30.3 Å². The number of nitrogens with one attached hydrogen (secondary N) is 1. The molecule has 5 heteroatoms. The summed E-state index contributed by atoms with van der Waals surface area (Å²) in [6, 6.07) is 11.6. The lowest BCUT2D eigenvalue weighted by Crippen LogP contribution is -2.02. The molecular formula is C15H12ClN3O. The molecule has 2 heterocycles. The highest BCUT2D eigenvalue weighted by Gasteiger charge is 2.11. The van der Waals surface area contributed by atoms with Gasteiger partial charge in [0.1, 0.15) is 17.6 Å². The summed E-state index contributed by atoms with van der Waals surface area (Å²) in [5, 5.41) is 12.5. The van der Waals surface area contributed by atoms with Crippen molar-refractivity contribution in [2.45, 2.75) is 13.0 Å². The highest BCUT2D eigenvalue weighted by Crippen LogP contribution is 2.26. The molecule has 1 aliphatic heterocycles. The fourth-order valence-corrected chi connectivity index (χ4v) is 2.31. The highest BCUT2D eigenvalue weighted by atomic mass is 35.5. The Morgan fingerprint density at radius 1 is 1.35 bits per heavy atom. The smallest absolute Gasteiger partial charge is 0.161 e. The summed E-state index contributed by atoms with van der Waals surface area (Å²) in [5.41, 5.74) is 2.63. The lowest BCUT2D eigenvalue weighted by atomic mass is 10.1. The van der Waals surface area contributed by atoms with E-state index in [2.05, 4.69) is 16.4 Å². The molecule has 3 rings (SSSR count). The summed E-state index contributed by atoms with van der Waals surface area (Å²) in [6.45, 7) is 1.41. The van der Waals surface area contributed by atoms with Crippen molar-refractivity contribution in [2.24, 2.45) is 0 Å². The van der Waals surface area contributed by atoms with Crippen LogP contribution in [0.3, 0.4) is 0 Å². The van der Waals surface area contributed by atoms with Gasteiger partial charge in [0, 0.05) is 13.0 Å². The standard InChI is InChI=1S/C15H12ClN3O/c16-12-2-4-15(19-13(12)8-17)18-9-10-1-3-14-11(7-10)5-6-20-14/h1-4,7H,5-6,9H2,(H,18,19). The molecule has 0 saturated heterocycles. The zero-order chi connectivity index (χ0) is 13.9. The molecule has 0 bridgehead atoms. The molecule has 0 radical (unpaired) electrons. The summed E-state index contributed by atoms with van der Waals surface area (Å²) in [5.74, 6) is 1.62. The van der Waals surface area contributed by atoms with E-state index < -0.39 is 0 Å². The van der Waals surface area contributed by atoms with Crippen LogP contribution in [0.4, 0.5) is 5.82 Å². The molecule has 20 heavy (non-hydrogen) atoms. The Morgan fingerprint density at radius 2 is 2.25 bits per heavy atom. The number of benzene rings is 1. The van der Waals surface area contributed by atoms with E-state index in [0.29, 0.717) is 17.4 Å². The third kappa shape index (κ3) is 2.54. The van der Waals surface area contributed by atoms with Crippen molar-refractivity contribution in [1.82, 2.24) is 4.98 Å².